The van der Waals surface area contributed by atoms with Gasteiger partial charge in [-0.2, -0.15) is 0 Å². The van der Waals surface area contributed by atoms with Crippen LogP contribution in [0.1, 0.15) is 32.8 Å². The van der Waals surface area contributed by atoms with E-state index in [1.54, 1.807) is 0 Å². The first-order chi connectivity index (χ1) is 9.63. The minimum absolute atomic E-state index is 0.0288. The molecule has 0 aromatic heterocycles. The van der Waals surface area contributed by atoms with E-state index in [1.807, 2.05) is 18.2 Å². The number of fused-ring (bicyclic) bond motifs is 1. The Morgan fingerprint density at radius 2 is 1.85 bits per heavy atom. The summed E-state index contributed by atoms with van der Waals surface area (Å²) in [5, 5.41) is 2.31. The molecule has 0 spiro atoms. The van der Waals surface area contributed by atoms with Gasteiger partial charge in [0.2, 0.25) is 0 Å². The lowest BCUT2D eigenvalue weighted by Crippen LogP contribution is -2.06. The smallest absolute Gasteiger partial charge is 0.167 e. The second-order valence-electron chi connectivity index (χ2n) is 4.88. The van der Waals surface area contributed by atoms with Crippen molar-refractivity contribution in [2.24, 2.45) is 0 Å². The van der Waals surface area contributed by atoms with Crippen LogP contribution in [-0.2, 0) is 4.79 Å². The van der Waals surface area contributed by atoms with E-state index in [0.717, 1.165) is 17.6 Å². The third-order valence-electron chi connectivity index (χ3n) is 3.35. The highest BCUT2D eigenvalue weighted by molar-refractivity contribution is 5.87. The lowest BCUT2D eigenvalue weighted by molar-refractivity contribution is -0.118. The van der Waals surface area contributed by atoms with Crippen molar-refractivity contribution < 1.29 is 9.53 Å². The molecule has 0 atom stereocenters. The maximum absolute atomic E-state index is 10.9. The predicted molar refractivity (Wildman–Crippen MR) is 84.1 cm³/mol. The number of benzene rings is 2. The predicted octanol–water partition coefficient (Wildman–Crippen LogP) is 4.62. The van der Waals surface area contributed by atoms with Crippen molar-refractivity contribution in [1.29, 1.82) is 0 Å². The van der Waals surface area contributed by atoms with Gasteiger partial charge in [-0.3, -0.25) is 4.79 Å². The van der Waals surface area contributed by atoms with Crippen molar-refractivity contribution in [3.8, 4) is 5.75 Å². The SMILES string of the molecule is C/C=C(\CC)c1ccc2cc(OCC(C)=O)ccc2c1. The Bertz CT molecular complexity index is 654. The lowest BCUT2D eigenvalue weighted by Gasteiger charge is -2.08. The topological polar surface area (TPSA) is 26.3 Å². The number of ether oxygens (including phenoxy) is 1. The molecule has 0 aliphatic rings. The molecule has 0 aliphatic carbocycles. The zero-order valence-corrected chi connectivity index (χ0v) is 12.3. The first-order valence-corrected chi connectivity index (χ1v) is 6.95. The van der Waals surface area contributed by atoms with Gasteiger partial charge in [0.05, 0.1) is 0 Å². The van der Waals surface area contributed by atoms with Crippen LogP contribution >= 0.6 is 0 Å². The van der Waals surface area contributed by atoms with Crippen LogP contribution in [-0.4, -0.2) is 12.4 Å². The highest BCUT2D eigenvalue weighted by Gasteiger charge is 2.03. The van der Waals surface area contributed by atoms with E-state index in [4.69, 9.17) is 4.74 Å². The Morgan fingerprint density at radius 3 is 2.50 bits per heavy atom. The number of allylic oxidation sites excluding steroid dienone is 2. The molecule has 0 unspecified atom stereocenters. The van der Waals surface area contributed by atoms with Gasteiger partial charge in [-0.05, 0) is 60.4 Å². The summed E-state index contributed by atoms with van der Waals surface area (Å²) in [5.41, 5.74) is 2.61. The van der Waals surface area contributed by atoms with Crippen LogP contribution < -0.4 is 4.74 Å². The monoisotopic (exact) mass is 268 g/mol. The van der Waals surface area contributed by atoms with E-state index in [0.29, 0.717) is 0 Å². The zero-order valence-electron chi connectivity index (χ0n) is 12.3. The van der Waals surface area contributed by atoms with Gasteiger partial charge < -0.3 is 4.74 Å². The van der Waals surface area contributed by atoms with Crippen molar-refractivity contribution in [2.75, 3.05) is 6.61 Å². The van der Waals surface area contributed by atoms with E-state index >= 15 is 0 Å². The number of hydrogen-bond donors (Lipinski definition) is 0. The molecule has 0 amide bonds. The standard InChI is InChI=1S/C18H20O2/c1-4-14(5-2)15-6-7-17-11-18(20-12-13(3)19)9-8-16(17)10-15/h4,6-11H,5,12H2,1-3H3/b14-4+. The number of Topliss-reactive ketones (excluding diaryl/α,β-unsaturated/α-hetero) is 1. The van der Waals surface area contributed by atoms with E-state index < -0.39 is 0 Å². The van der Waals surface area contributed by atoms with Crippen LogP contribution in [0.25, 0.3) is 16.3 Å². The number of hydrogen-bond acceptors (Lipinski definition) is 2. The van der Waals surface area contributed by atoms with Crippen molar-refractivity contribution in [2.45, 2.75) is 27.2 Å². The fourth-order valence-corrected chi connectivity index (χ4v) is 2.27. The quantitative estimate of drug-likeness (QED) is 0.790. The van der Waals surface area contributed by atoms with Crippen LogP contribution in [0.2, 0.25) is 0 Å². The molecule has 0 aliphatic heterocycles. The molecule has 2 nitrogen and oxygen atoms in total. The van der Waals surface area contributed by atoms with Crippen molar-refractivity contribution >= 4 is 22.1 Å². The molecule has 0 N–H and O–H groups in total. The highest BCUT2D eigenvalue weighted by Crippen LogP contribution is 2.26. The molecular formula is C18H20O2. The average molecular weight is 268 g/mol. The van der Waals surface area contributed by atoms with Crippen molar-refractivity contribution in [3.63, 3.8) is 0 Å². The van der Waals surface area contributed by atoms with Crippen LogP contribution in [0, 0.1) is 0 Å². The highest BCUT2D eigenvalue weighted by atomic mass is 16.5. The Morgan fingerprint density at radius 1 is 1.15 bits per heavy atom. The number of ketones is 1. The summed E-state index contributed by atoms with van der Waals surface area (Å²) in [4.78, 5) is 10.9. The first kappa shape index (κ1) is 14.3. The molecule has 2 heteroatoms. The van der Waals surface area contributed by atoms with Crippen molar-refractivity contribution in [3.05, 3.63) is 48.0 Å². The van der Waals surface area contributed by atoms with Crippen LogP contribution in [0.3, 0.4) is 0 Å². The van der Waals surface area contributed by atoms with Gasteiger partial charge in [0.25, 0.3) is 0 Å². The second-order valence-corrected chi connectivity index (χ2v) is 4.88. The lowest BCUT2D eigenvalue weighted by atomic mass is 9.99. The van der Waals surface area contributed by atoms with E-state index in [-0.39, 0.29) is 12.4 Å². The first-order valence-electron chi connectivity index (χ1n) is 6.95. The van der Waals surface area contributed by atoms with Gasteiger partial charge in [-0.25, -0.2) is 0 Å². The number of rotatable bonds is 5. The van der Waals surface area contributed by atoms with Gasteiger partial charge in [-0.15, -0.1) is 0 Å². The Kier molecular flexibility index (Phi) is 4.57. The van der Waals surface area contributed by atoms with Gasteiger partial charge >= 0.3 is 0 Å². The minimum atomic E-state index is 0.0288. The Balaban J connectivity index is 2.32. The third kappa shape index (κ3) is 3.27. The summed E-state index contributed by atoms with van der Waals surface area (Å²) in [6.07, 6.45) is 3.19. The molecule has 0 bridgehead atoms. The Hall–Kier alpha value is -2.09. The average Bonchev–Trinajstić information content (AvgIpc) is 2.46. The summed E-state index contributed by atoms with van der Waals surface area (Å²) < 4.78 is 5.43. The molecule has 2 aromatic carbocycles. The molecule has 0 saturated heterocycles. The van der Waals surface area contributed by atoms with Gasteiger partial charge in [0, 0.05) is 0 Å². The fourth-order valence-electron chi connectivity index (χ4n) is 2.27. The van der Waals surface area contributed by atoms with Crippen LogP contribution in [0.5, 0.6) is 5.75 Å². The van der Waals surface area contributed by atoms with Gasteiger partial charge in [0.1, 0.15) is 12.4 Å². The number of carbonyl (C=O) groups excluding carboxylic acids is 1. The molecule has 104 valence electrons. The molecule has 0 radical (unpaired) electrons. The van der Waals surface area contributed by atoms with Crippen LogP contribution in [0.4, 0.5) is 0 Å². The summed E-state index contributed by atoms with van der Waals surface area (Å²) in [6.45, 7) is 5.89. The molecule has 0 fully saturated rings. The Labute approximate surface area is 120 Å². The van der Waals surface area contributed by atoms with E-state index in [1.165, 1.54) is 23.4 Å². The summed E-state index contributed by atoms with van der Waals surface area (Å²) in [6, 6.07) is 12.4. The third-order valence-corrected chi connectivity index (χ3v) is 3.35. The number of carbonyl (C=O) groups is 1. The second kappa shape index (κ2) is 6.38. The molecule has 20 heavy (non-hydrogen) atoms. The molecule has 2 rings (SSSR count). The summed E-state index contributed by atoms with van der Waals surface area (Å²) in [5.74, 6) is 0.767. The van der Waals surface area contributed by atoms with E-state index in [9.17, 15) is 4.79 Å². The molecule has 0 heterocycles. The fraction of sp³-hybridized carbons (Fsp3) is 0.278. The van der Waals surface area contributed by atoms with Gasteiger partial charge in [0.15, 0.2) is 5.78 Å². The summed E-state index contributed by atoms with van der Waals surface area (Å²) >= 11 is 0. The maximum atomic E-state index is 10.9. The van der Waals surface area contributed by atoms with Crippen LogP contribution in [0.15, 0.2) is 42.5 Å². The maximum Gasteiger partial charge on any atom is 0.167 e. The van der Waals surface area contributed by atoms with Crippen molar-refractivity contribution in [1.82, 2.24) is 0 Å². The summed E-state index contributed by atoms with van der Waals surface area (Å²) in [7, 11) is 0. The van der Waals surface area contributed by atoms with Gasteiger partial charge in [-0.1, -0.05) is 31.2 Å². The molecule has 2 aromatic rings. The minimum Gasteiger partial charge on any atom is -0.486 e. The molecule has 0 saturated carbocycles. The largest absolute Gasteiger partial charge is 0.486 e. The normalized spacial score (nSPS) is 11.7. The molecular weight excluding hydrogens is 248 g/mol. The zero-order chi connectivity index (χ0) is 14.5. The van der Waals surface area contributed by atoms with E-state index in [2.05, 4.69) is 38.1 Å².